The molecule has 1 aromatic heterocycles. The second kappa shape index (κ2) is 7.37. The Morgan fingerprint density at radius 3 is 2.95 bits per heavy atom. The van der Waals surface area contributed by atoms with Crippen LogP contribution in [0.4, 0.5) is 10.5 Å². The highest BCUT2D eigenvalue weighted by Crippen LogP contribution is 2.06. The van der Waals surface area contributed by atoms with Crippen molar-refractivity contribution in [3.63, 3.8) is 0 Å². The van der Waals surface area contributed by atoms with E-state index in [0.717, 1.165) is 0 Å². The van der Waals surface area contributed by atoms with E-state index in [1.807, 2.05) is 0 Å². The number of anilines is 1. The van der Waals surface area contributed by atoms with E-state index in [-0.39, 0.29) is 19.0 Å². The average molecular weight is 270 g/mol. The zero-order valence-corrected chi connectivity index (χ0v) is 11.0. The first-order valence-electron chi connectivity index (χ1n) is 5.78. The van der Waals surface area contributed by atoms with E-state index in [1.54, 1.807) is 18.0 Å². The number of carboxylic acids is 1. The molecule has 19 heavy (non-hydrogen) atoms. The highest BCUT2D eigenvalue weighted by Gasteiger charge is 2.11. The number of carbonyl (C=O) groups excluding carboxylic acids is 1. The minimum atomic E-state index is -0.938. The van der Waals surface area contributed by atoms with E-state index in [1.165, 1.54) is 18.1 Å². The van der Waals surface area contributed by atoms with E-state index >= 15 is 0 Å². The predicted octanol–water partition coefficient (Wildman–Crippen LogP) is 0.468. The average Bonchev–Trinajstić information content (AvgIpc) is 2.80. The maximum atomic E-state index is 11.7. The van der Waals surface area contributed by atoms with Gasteiger partial charge in [0.1, 0.15) is 0 Å². The van der Waals surface area contributed by atoms with Crippen molar-refractivity contribution in [1.82, 2.24) is 14.7 Å². The quantitative estimate of drug-likeness (QED) is 0.750. The molecule has 0 radical (unpaired) electrons. The van der Waals surface area contributed by atoms with Crippen molar-refractivity contribution in [2.75, 3.05) is 32.6 Å². The summed E-state index contributed by atoms with van der Waals surface area (Å²) in [6.45, 7) is 1.29. The fraction of sp³-hybridized carbons (Fsp3) is 0.545. The van der Waals surface area contributed by atoms with Gasteiger partial charge in [0.15, 0.2) is 0 Å². The minimum absolute atomic E-state index is 0.0863. The zero-order valence-electron chi connectivity index (χ0n) is 11.0. The van der Waals surface area contributed by atoms with Crippen molar-refractivity contribution in [3.05, 3.63) is 12.4 Å². The van der Waals surface area contributed by atoms with Gasteiger partial charge in [-0.05, 0) is 0 Å². The van der Waals surface area contributed by atoms with Crippen LogP contribution in [-0.2, 0) is 16.1 Å². The molecule has 0 aromatic carbocycles. The third kappa shape index (κ3) is 5.38. The van der Waals surface area contributed by atoms with Gasteiger partial charge in [0.05, 0.1) is 31.5 Å². The molecule has 0 fully saturated rings. The Bertz CT molecular complexity index is 432. The van der Waals surface area contributed by atoms with Crippen LogP contribution in [0.1, 0.15) is 6.42 Å². The molecule has 2 amide bonds. The first-order valence-corrected chi connectivity index (χ1v) is 5.78. The molecule has 8 heteroatoms. The van der Waals surface area contributed by atoms with Gasteiger partial charge in [0.25, 0.3) is 0 Å². The number of carboxylic acid groups (broad SMARTS) is 1. The van der Waals surface area contributed by atoms with Crippen molar-refractivity contribution >= 4 is 17.7 Å². The molecule has 0 spiro atoms. The number of urea groups is 1. The molecule has 106 valence electrons. The molecular weight excluding hydrogens is 252 g/mol. The van der Waals surface area contributed by atoms with Crippen LogP contribution in [0.3, 0.4) is 0 Å². The number of nitrogens with one attached hydrogen (secondary N) is 1. The van der Waals surface area contributed by atoms with E-state index in [9.17, 15) is 9.59 Å². The molecule has 0 bridgehead atoms. The summed E-state index contributed by atoms with van der Waals surface area (Å²) in [6.07, 6.45) is 3.12. The largest absolute Gasteiger partial charge is 0.481 e. The lowest BCUT2D eigenvalue weighted by molar-refractivity contribution is -0.137. The Labute approximate surface area is 110 Å². The molecule has 1 rings (SSSR count). The summed E-state index contributed by atoms with van der Waals surface area (Å²) in [6, 6.07) is -0.368. The summed E-state index contributed by atoms with van der Waals surface area (Å²) in [5, 5.41) is 15.2. The van der Waals surface area contributed by atoms with Gasteiger partial charge in [0.2, 0.25) is 0 Å². The molecule has 0 saturated heterocycles. The Balaban J connectivity index is 2.42. The van der Waals surface area contributed by atoms with E-state index in [2.05, 4.69) is 10.4 Å². The third-order valence-electron chi connectivity index (χ3n) is 2.42. The third-order valence-corrected chi connectivity index (χ3v) is 2.42. The number of aromatic nitrogens is 2. The van der Waals surface area contributed by atoms with Crippen LogP contribution in [-0.4, -0.2) is 59.1 Å². The number of hydrogen-bond acceptors (Lipinski definition) is 4. The van der Waals surface area contributed by atoms with E-state index in [4.69, 9.17) is 9.84 Å². The SMILES string of the molecule is COCCn1cc(NC(=O)N(C)CCC(=O)O)cn1. The molecular formula is C11H18N4O4. The number of carbonyl (C=O) groups is 2. The number of hydrogen-bond donors (Lipinski definition) is 2. The Kier molecular flexibility index (Phi) is 5.80. The predicted molar refractivity (Wildman–Crippen MR) is 68.0 cm³/mol. The normalized spacial score (nSPS) is 10.2. The molecule has 0 aliphatic rings. The molecule has 1 heterocycles. The maximum absolute atomic E-state index is 11.7. The van der Waals surface area contributed by atoms with Gasteiger partial charge in [-0.1, -0.05) is 0 Å². The van der Waals surface area contributed by atoms with Crippen LogP contribution >= 0.6 is 0 Å². The molecule has 0 atom stereocenters. The van der Waals surface area contributed by atoms with Gasteiger partial charge >= 0.3 is 12.0 Å². The number of ether oxygens (including phenoxy) is 1. The molecule has 0 saturated carbocycles. The number of methoxy groups -OCH3 is 1. The molecule has 1 aromatic rings. The first-order chi connectivity index (χ1) is 9.02. The van der Waals surface area contributed by atoms with Crippen LogP contribution in [0.2, 0.25) is 0 Å². The van der Waals surface area contributed by atoms with Gasteiger partial charge < -0.3 is 20.1 Å². The molecule has 8 nitrogen and oxygen atoms in total. The highest BCUT2D eigenvalue weighted by atomic mass is 16.5. The van der Waals surface area contributed by atoms with Gasteiger partial charge in [-0.2, -0.15) is 5.10 Å². The molecule has 0 aliphatic carbocycles. The number of aliphatic carboxylic acids is 1. The van der Waals surface area contributed by atoms with Gasteiger partial charge in [0, 0.05) is 26.9 Å². The number of rotatable bonds is 7. The van der Waals surface area contributed by atoms with Crippen LogP contribution in [0, 0.1) is 0 Å². The van der Waals surface area contributed by atoms with E-state index in [0.29, 0.717) is 18.8 Å². The van der Waals surface area contributed by atoms with Crippen molar-refractivity contribution in [2.24, 2.45) is 0 Å². The topological polar surface area (TPSA) is 96.7 Å². The summed E-state index contributed by atoms with van der Waals surface area (Å²) in [7, 11) is 3.14. The van der Waals surface area contributed by atoms with Crippen molar-refractivity contribution < 1.29 is 19.4 Å². The van der Waals surface area contributed by atoms with Crippen LogP contribution in [0.5, 0.6) is 0 Å². The lowest BCUT2D eigenvalue weighted by Crippen LogP contribution is -2.32. The zero-order chi connectivity index (χ0) is 14.3. The first kappa shape index (κ1) is 15.0. The number of amides is 2. The summed E-state index contributed by atoms with van der Waals surface area (Å²) in [4.78, 5) is 23.4. The summed E-state index contributed by atoms with van der Waals surface area (Å²) < 4.78 is 6.57. The Morgan fingerprint density at radius 2 is 2.32 bits per heavy atom. The maximum Gasteiger partial charge on any atom is 0.321 e. The van der Waals surface area contributed by atoms with Crippen LogP contribution < -0.4 is 5.32 Å². The van der Waals surface area contributed by atoms with Gasteiger partial charge in [-0.3, -0.25) is 9.48 Å². The van der Waals surface area contributed by atoms with E-state index < -0.39 is 5.97 Å². The lowest BCUT2D eigenvalue weighted by atomic mass is 10.4. The Morgan fingerprint density at radius 1 is 1.58 bits per heavy atom. The summed E-state index contributed by atoms with van der Waals surface area (Å²) in [5.74, 6) is -0.938. The van der Waals surface area contributed by atoms with Crippen LogP contribution in [0.25, 0.3) is 0 Å². The monoisotopic (exact) mass is 270 g/mol. The highest BCUT2D eigenvalue weighted by molar-refractivity contribution is 5.89. The fourth-order valence-electron chi connectivity index (χ4n) is 1.32. The molecule has 2 N–H and O–H groups in total. The minimum Gasteiger partial charge on any atom is -0.481 e. The smallest absolute Gasteiger partial charge is 0.321 e. The van der Waals surface area contributed by atoms with Crippen molar-refractivity contribution in [2.45, 2.75) is 13.0 Å². The lowest BCUT2D eigenvalue weighted by Gasteiger charge is -2.15. The van der Waals surface area contributed by atoms with Gasteiger partial charge in [-0.15, -0.1) is 0 Å². The number of nitrogens with zero attached hydrogens (tertiary/aromatic N) is 3. The van der Waals surface area contributed by atoms with Crippen LogP contribution in [0.15, 0.2) is 12.4 Å². The van der Waals surface area contributed by atoms with Crippen molar-refractivity contribution in [3.8, 4) is 0 Å². The second-order valence-corrected chi connectivity index (χ2v) is 3.98. The van der Waals surface area contributed by atoms with Gasteiger partial charge in [-0.25, -0.2) is 4.79 Å². The summed E-state index contributed by atoms with van der Waals surface area (Å²) >= 11 is 0. The second-order valence-electron chi connectivity index (χ2n) is 3.98. The van der Waals surface area contributed by atoms with Crippen molar-refractivity contribution in [1.29, 1.82) is 0 Å². The summed E-state index contributed by atoms with van der Waals surface area (Å²) in [5.41, 5.74) is 0.559. The molecule has 0 unspecified atom stereocenters. The fourth-order valence-corrected chi connectivity index (χ4v) is 1.32. The molecule has 0 aliphatic heterocycles. The standard InChI is InChI=1S/C11H18N4O4/c1-14(4-3-10(16)17)11(18)13-9-7-12-15(8-9)5-6-19-2/h7-8H,3-6H2,1-2H3,(H,13,18)(H,16,17). The Hall–Kier alpha value is -2.09.